The Kier molecular flexibility index (Phi) is 6.23. The van der Waals surface area contributed by atoms with Gasteiger partial charge in [0.2, 0.25) is 5.91 Å². The first-order chi connectivity index (χ1) is 14.1. The van der Waals surface area contributed by atoms with Crippen molar-refractivity contribution in [2.45, 2.75) is 24.9 Å². The molecule has 0 bridgehead atoms. The lowest BCUT2D eigenvalue weighted by Gasteiger charge is -2.25. The van der Waals surface area contributed by atoms with Crippen LogP contribution in [-0.2, 0) is 4.79 Å². The lowest BCUT2D eigenvalue weighted by Crippen LogP contribution is -2.46. The number of benzene rings is 2. The maximum Gasteiger partial charge on any atom is 0.241 e. The molecule has 0 aromatic heterocycles. The highest BCUT2D eigenvalue weighted by molar-refractivity contribution is 6.30. The second-order valence-corrected chi connectivity index (χ2v) is 7.98. The van der Waals surface area contributed by atoms with Crippen LogP contribution in [0.3, 0.4) is 0 Å². The predicted octanol–water partition coefficient (Wildman–Crippen LogP) is 3.00. The summed E-state index contributed by atoms with van der Waals surface area (Å²) in [6.45, 7) is 3.28. The summed E-state index contributed by atoms with van der Waals surface area (Å²) in [5.41, 5.74) is 8.71. The van der Waals surface area contributed by atoms with Crippen molar-refractivity contribution in [1.29, 1.82) is 0 Å². The molecule has 29 heavy (non-hydrogen) atoms. The molecule has 1 amide bonds. The highest BCUT2D eigenvalue weighted by Crippen LogP contribution is 2.26. The summed E-state index contributed by atoms with van der Waals surface area (Å²) in [6, 6.07) is 15.8. The molecule has 2 N–H and O–H groups in total. The summed E-state index contributed by atoms with van der Waals surface area (Å²) in [4.78, 5) is 17.4. The van der Waals surface area contributed by atoms with E-state index in [1.54, 1.807) is 7.11 Å². The standard InChI is InChI=1S/C22H27ClN4O2/c1-29-19-8-6-18(7-9-19)26-10-3-11-27(13-12-26)22(28)21-15-20(24-25-21)16-4-2-5-17(23)14-16/h2,4-9,14,20-21,24-25H,3,10-13,15H2,1H3. The molecule has 2 aliphatic rings. The van der Waals surface area contributed by atoms with Crippen molar-refractivity contribution in [1.82, 2.24) is 15.8 Å². The first-order valence-corrected chi connectivity index (χ1v) is 10.5. The first kappa shape index (κ1) is 20.0. The number of hydrogen-bond acceptors (Lipinski definition) is 5. The molecule has 2 aliphatic heterocycles. The highest BCUT2D eigenvalue weighted by Gasteiger charge is 2.33. The smallest absolute Gasteiger partial charge is 0.241 e. The Hall–Kier alpha value is -2.28. The number of anilines is 1. The molecule has 0 aliphatic carbocycles. The fourth-order valence-electron chi connectivity index (χ4n) is 4.07. The lowest BCUT2D eigenvalue weighted by molar-refractivity contribution is -0.133. The van der Waals surface area contributed by atoms with Crippen LogP contribution in [-0.4, -0.2) is 50.1 Å². The van der Waals surface area contributed by atoms with Crippen LogP contribution in [0.5, 0.6) is 5.75 Å². The van der Waals surface area contributed by atoms with Gasteiger partial charge in [0.05, 0.1) is 7.11 Å². The van der Waals surface area contributed by atoms with E-state index >= 15 is 0 Å². The summed E-state index contributed by atoms with van der Waals surface area (Å²) in [5, 5.41) is 0.713. The molecule has 2 aromatic rings. The van der Waals surface area contributed by atoms with Crippen LogP contribution in [0.25, 0.3) is 0 Å². The minimum Gasteiger partial charge on any atom is -0.497 e. The van der Waals surface area contributed by atoms with E-state index in [0.717, 1.165) is 50.3 Å². The van der Waals surface area contributed by atoms with Gasteiger partial charge in [-0.2, -0.15) is 0 Å². The molecular formula is C22H27ClN4O2. The number of rotatable bonds is 4. The summed E-state index contributed by atoms with van der Waals surface area (Å²) < 4.78 is 5.24. The monoisotopic (exact) mass is 414 g/mol. The van der Waals surface area contributed by atoms with Gasteiger partial charge in [0, 0.05) is 42.9 Å². The fraction of sp³-hybridized carbons (Fsp3) is 0.409. The Morgan fingerprint density at radius 2 is 1.90 bits per heavy atom. The molecule has 2 unspecified atom stereocenters. The van der Waals surface area contributed by atoms with Crippen molar-refractivity contribution in [3.05, 3.63) is 59.1 Å². The molecule has 2 saturated heterocycles. The van der Waals surface area contributed by atoms with Crippen molar-refractivity contribution in [3.63, 3.8) is 0 Å². The van der Waals surface area contributed by atoms with Crippen molar-refractivity contribution in [2.75, 3.05) is 38.2 Å². The van der Waals surface area contributed by atoms with Crippen LogP contribution >= 0.6 is 11.6 Å². The largest absolute Gasteiger partial charge is 0.497 e. The van der Waals surface area contributed by atoms with Crippen LogP contribution in [0, 0.1) is 0 Å². The number of hydrogen-bond donors (Lipinski definition) is 2. The van der Waals surface area contributed by atoms with Crippen LogP contribution < -0.4 is 20.5 Å². The molecule has 154 valence electrons. The molecule has 6 nitrogen and oxygen atoms in total. The number of amides is 1. The molecule has 4 rings (SSSR count). The van der Waals surface area contributed by atoms with Crippen LogP contribution in [0.15, 0.2) is 48.5 Å². The van der Waals surface area contributed by atoms with Gasteiger partial charge in [-0.05, 0) is 54.8 Å². The third kappa shape index (κ3) is 4.66. The summed E-state index contributed by atoms with van der Waals surface area (Å²) in [6.07, 6.45) is 1.67. The number of ether oxygens (including phenoxy) is 1. The van der Waals surface area contributed by atoms with Crippen molar-refractivity contribution in [3.8, 4) is 5.75 Å². The zero-order valence-corrected chi connectivity index (χ0v) is 17.4. The van der Waals surface area contributed by atoms with Crippen LogP contribution in [0.2, 0.25) is 5.02 Å². The van der Waals surface area contributed by atoms with E-state index < -0.39 is 0 Å². The zero-order valence-electron chi connectivity index (χ0n) is 16.6. The Morgan fingerprint density at radius 1 is 1.07 bits per heavy atom. The molecule has 2 atom stereocenters. The highest BCUT2D eigenvalue weighted by atomic mass is 35.5. The first-order valence-electron chi connectivity index (χ1n) is 10.1. The molecule has 2 fully saturated rings. The molecule has 0 saturated carbocycles. The molecule has 2 heterocycles. The lowest BCUT2D eigenvalue weighted by atomic mass is 10.0. The van der Waals surface area contributed by atoms with Crippen molar-refractivity contribution < 1.29 is 9.53 Å². The zero-order chi connectivity index (χ0) is 20.2. The topological polar surface area (TPSA) is 56.8 Å². The number of halogens is 1. The van der Waals surface area contributed by atoms with Crippen molar-refractivity contribution in [2.24, 2.45) is 0 Å². The number of hydrazine groups is 1. The Balaban J connectivity index is 1.35. The second-order valence-electron chi connectivity index (χ2n) is 7.55. The molecular weight excluding hydrogens is 388 g/mol. The van der Waals surface area contributed by atoms with Crippen LogP contribution in [0.4, 0.5) is 5.69 Å². The van der Waals surface area contributed by atoms with Gasteiger partial charge in [-0.25, -0.2) is 10.9 Å². The van der Waals surface area contributed by atoms with Gasteiger partial charge < -0.3 is 14.5 Å². The quantitative estimate of drug-likeness (QED) is 0.805. The van der Waals surface area contributed by atoms with E-state index in [1.165, 1.54) is 5.69 Å². The molecule has 7 heteroatoms. The SMILES string of the molecule is COc1ccc(N2CCCN(C(=O)C3CC(c4cccc(Cl)c4)NN3)CC2)cc1. The molecule has 0 spiro atoms. The maximum absolute atomic E-state index is 13.1. The van der Waals surface area contributed by atoms with E-state index in [2.05, 4.69) is 27.9 Å². The minimum absolute atomic E-state index is 0.0884. The van der Waals surface area contributed by atoms with Gasteiger partial charge in [0.1, 0.15) is 11.8 Å². The summed E-state index contributed by atoms with van der Waals surface area (Å²) >= 11 is 6.11. The number of carbonyl (C=O) groups is 1. The maximum atomic E-state index is 13.1. The average Bonchev–Trinajstić information content (AvgIpc) is 3.12. The summed E-state index contributed by atoms with van der Waals surface area (Å²) in [5.74, 6) is 1.02. The van der Waals surface area contributed by atoms with E-state index in [4.69, 9.17) is 16.3 Å². The van der Waals surface area contributed by atoms with Gasteiger partial charge in [-0.1, -0.05) is 23.7 Å². The predicted molar refractivity (Wildman–Crippen MR) is 115 cm³/mol. The summed E-state index contributed by atoms with van der Waals surface area (Å²) in [7, 11) is 1.67. The number of carbonyl (C=O) groups excluding carboxylic acids is 1. The number of nitrogens with one attached hydrogen (secondary N) is 2. The Bertz CT molecular complexity index is 845. The van der Waals surface area contributed by atoms with Gasteiger partial charge in [0.25, 0.3) is 0 Å². The molecule has 2 aromatic carbocycles. The van der Waals surface area contributed by atoms with Crippen molar-refractivity contribution >= 4 is 23.2 Å². The van der Waals surface area contributed by atoms with E-state index in [9.17, 15) is 4.79 Å². The average molecular weight is 415 g/mol. The van der Waals surface area contributed by atoms with E-state index in [0.29, 0.717) is 5.02 Å². The third-order valence-electron chi connectivity index (χ3n) is 5.70. The second kappa shape index (κ2) is 9.03. The van der Waals surface area contributed by atoms with Gasteiger partial charge in [-0.15, -0.1) is 0 Å². The minimum atomic E-state index is -0.216. The van der Waals surface area contributed by atoms with Gasteiger partial charge in [-0.3, -0.25) is 4.79 Å². The number of nitrogens with zero attached hydrogens (tertiary/aromatic N) is 2. The third-order valence-corrected chi connectivity index (χ3v) is 5.93. The molecule has 0 radical (unpaired) electrons. The van der Waals surface area contributed by atoms with E-state index in [1.807, 2.05) is 41.3 Å². The van der Waals surface area contributed by atoms with E-state index in [-0.39, 0.29) is 18.0 Å². The Labute approximate surface area is 176 Å². The Morgan fingerprint density at radius 3 is 2.66 bits per heavy atom. The van der Waals surface area contributed by atoms with Crippen LogP contribution in [0.1, 0.15) is 24.4 Å². The van der Waals surface area contributed by atoms with Gasteiger partial charge >= 0.3 is 0 Å². The normalized spacial score (nSPS) is 22.4. The fourth-order valence-corrected chi connectivity index (χ4v) is 4.27. The number of methoxy groups -OCH3 is 1. The van der Waals surface area contributed by atoms with Gasteiger partial charge in [0.15, 0.2) is 0 Å².